The Balaban J connectivity index is 2.11. The van der Waals surface area contributed by atoms with E-state index in [1.54, 1.807) is 13.8 Å². The average molecular weight is 280 g/mol. The van der Waals surface area contributed by atoms with E-state index in [0.29, 0.717) is 5.92 Å². The number of aliphatic imine (C=N–C) groups is 2. The second-order valence-corrected chi connectivity index (χ2v) is 5.63. The van der Waals surface area contributed by atoms with Crippen LogP contribution in [0.15, 0.2) is 9.98 Å². The van der Waals surface area contributed by atoms with Gasteiger partial charge in [0.15, 0.2) is 12.5 Å². The van der Waals surface area contributed by atoms with Gasteiger partial charge in [-0.25, -0.2) is 9.59 Å². The van der Waals surface area contributed by atoms with Gasteiger partial charge in [-0.2, -0.15) is 9.98 Å². The van der Waals surface area contributed by atoms with Crippen molar-refractivity contribution in [1.29, 1.82) is 0 Å². The first-order valence-electron chi connectivity index (χ1n) is 7.07. The molecule has 3 saturated carbocycles. The lowest BCUT2D eigenvalue weighted by Crippen LogP contribution is -2.56. The standard InChI is InChI=1S/C14H20N2O4/c1-10(15-8-17)19-13-7-12-3-5-14(13,6-4-12)20-11(2)16-9-18/h10-13H,3-7H2,1-2H3. The largest absolute Gasteiger partial charge is 0.350 e. The lowest BCUT2D eigenvalue weighted by atomic mass is 9.66. The van der Waals surface area contributed by atoms with Crippen molar-refractivity contribution < 1.29 is 19.1 Å². The summed E-state index contributed by atoms with van der Waals surface area (Å²) in [6.45, 7) is 3.44. The minimum absolute atomic E-state index is 0.119. The molecule has 3 rings (SSSR count). The maximum atomic E-state index is 10.3. The van der Waals surface area contributed by atoms with Gasteiger partial charge in [0.1, 0.15) is 0 Å². The third-order valence-electron chi connectivity index (χ3n) is 4.32. The number of carbonyl (C=O) groups excluding carboxylic acids is 2. The molecule has 0 heterocycles. The van der Waals surface area contributed by atoms with Crippen LogP contribution in [-0.4, -0.2) is 36.3 Å². The van der Waals surface area contributed by atoms with Crippen LogP contribution in [0, 0.1) is 5.92 Å². The van der Waals surface area contributed by atoms with Gasteiger partial charge in [0.2, 0.25) is 12.2 Å². The Morgan fingerprint density at radius 3 is 2.30 bits per heavy atom. The summed E-state index contributed by atoms with van der Waals surface area (Å²) in [5.74, 6) is 0.641. The summed E-state index contributed by atoms with van der Waals surface area (Å²) in [7, 11) is 0. The number of nitrogens with zero attached hydrogens (tertiary/aromatic N) is 2. The van der Waals surface area contributed by atoms with Gasteiger partial charge < -0.3 is 9.47 Å². The van der Waals surface area contributed by atoms with Crippen LogP contribution < -0.4 is 0 Å². The van der Waals surface area contributed by atoms with Crippen molar-refractivity contribution in [2.45, 2.75) is 70.1 Å². The summed E-state index contributed by atoms with van der Waals surface area (Å²) in [5.41, 5.74) is -0.429. The molecule has 110 valence electrons. The summed E-state index contributed by atoms with van der Waals surface area (Å²) in [6.07, 6.45) is 6.74. The van der Waals surface area contributed by atoms with Crippen LogP contribution in [0.1, 0.15) is 46.0 Å². The van der Waals surface area contributed by atoms with Crippen LogP contribution in [-0.2, 0) is 19.1 Å². The van der Waals surface area contributed by atoms with Crippen molar-refractivity contribution in [3.63, 3.8) is 0 Å². The van der Waals surface area contributed by atoms with Crippen LogP contribution >= 0.6 is 0 Å². The zero-order chi connectivity index (χ0) is 14.6. The summed E-state index contributed by atoms with van der Waals surface area (Å²) < 4.78 is 11.9. The van der Waals surface area contributed by atoms with Gasteiger partial charge in [-0.1, -0.05) is 0 Å². The molecule has 0 amide bonds. The highest BCUT2D eigenvalue weighted by atomic mass is 16.6. The van der Waals surface area contributed by atoms with Crippen molar-refractivity contribution in [2.75, 3.05) is 0 Å². The molecular formula is C14H20N2O4. The molecule has 6 nitrogen and oxygen atoms in total. The second kappa shape index (κ2) is 6.42. The fourth-order valence-electron chi connectivity index (χ4n) is 3.40. The monoisotopic (exact) mass is 280 g/mol. The lowest BCUT2D eigenvalue weighted by molar-refractivity contribution is -0.225. The van der Waals surface area contributed by atoms with Gasteiger partial charge in [-0.05, 0) is 51.9 Å². The van der Waals surface area contributed by atoms with Crippen LogP contribution in [0.4, 0.5) is 0 Å². The minimum atomic E-state index is -0.530. The molecule has 0 spiro atoms. The molecule has 3 fully saturated rings. The van der Waals surface area contributed by atoms with Gasteiger partial charge in [0.25, 0.3) is 0 Å². The topological polar surface area (TPSA) is 77.3 Å². The number of rotatable bonds is 6. The number of hydrogen-bond donors (Lipinski definition) is 0. The fourth-order valence-corrected chi connectivity index (χ4v) is 3.40. The Hall–Kier alpha value is -1.32. The molecule has 3 atom stereocenters. The normalized spacial score (nSPS) is 34.7. The van der Waals surface area contributed by atoms with Crippen molar-refractivity contribution in [3.8, 4) is 0 Å². The van der Waals surface area contributed by atoms with E-state index in [0.717, 1.165) is 32.1 Å². The van der Waals surface area contributed by atoms with E-state index in [4.69, 9.17) is 9.47 Å². The van der Waals surface area contributed by atoms with Gasteiger partial charge in [-0.3, -0.25) is 0 Å². The Bertz CT molecular complexity index is 432. The first-order chi connectivity index (χ1) is 9.59. The molecule has 3 unspecified atom stereocenters. The zero-order valence-electron chi connectivity index (χ0n) is 11.9. The average Bonchev–Trinajstić information content (AvgIpc) is 2.41. The maximum absolute atomic E-state index is 10.3. The maximum Gasteiger partial charge on any atom is 0.237 e. The van der Waals surface area contributed by atoms with Crippen molar-refractivity contribution >= 4 is 12.2 Å². The van der Waals surface area contributed by atoms with Gasteiger partial charge >= 0.3 is 0 Å². The summed E-state index contributed by atoms with van der Waals surface area (Å²) in [6, 6.07) is 0. The molecule has 6 heteroatoms. The number of fused-ring (bicyclic) bond motifs is 3. The smallest absolute Gasteiger partial charge is 0.237 e. The second-order valence-electron chi connectivity index (χ2n) is 5.63. The highest BCUT2D eigenvalue weighted by molar-refractivity contribution is 5.33. The van der Waals surface area contributed by atoms with Crippen LogP contribution in [0.5, 0.6) is 0 Å². The molecule has 20 heavy (non-hydrogen) atoms. The Morgan fingerprint density at radius 2 is 1.70 bits per heavy atom. The van der Waals surface area contributed by atoms with E-state index in [9.17, 15) is 9.59 Å². The number of ether oxygens (including phenoxy) is 2. The van der Waals surface area contributed by atoms with Crippen LogP contribution in [0.25, 0.3) is 0 Å². The molecule has 0 N–H and O–H groups in total. The van der Waals surface area contributed by atoms with E-state index < -0.39 is 18.1 Å². The number of isocyanates is 2. The van der Waals surface area contributed by atoms with Crippen molar-refractivity contribution in [3.05, 3.63) is 0 Å². The minimum Gasteiger partial charge on any atom is -0.350 e. The van der Waals surface area contributed by atoms with Crippen LogP contribution in [0.2, 0.25) is 0 Å². The molecule has 0 aliphatic heterocycles. The zero-order valence-corrected chi connectivity index (χ0v) is 11.9. The van der Waals surface area contributed by atoms with E-state index in [1.165, 1.54) is 12.2 Å². The Labute approximate surface area is 118 Å². The number of hydrogen-bond acceptors (Lipinski definition) is 6. The highest BCUT2D eigenvalue weighted by Gasteiger charge is 2.50. The van der Waals surface area contributed by atoms with E-state index in [1.807, 2.05) is 0 Å². The van der Waals surface area contributed by atoms with E-state index in [-0.39, 0.29) is 6.10 Å². The van der Waals surface area contributed by atoms with Crippen molar-refractivity contribution in [2.24, 2.45) is 15.9 Å². The third-order valence-corrected chi connectivity index (χ3v) is 4.32. The van der Waals surface area contributed by atoms with E-state index >= 15 is 0 Å². The van der Waals surface area contributed by atoms with Crippen LogP contribution in [0.3, 0.4) is 0 Å². The first-order valence-corrected chi connectivity index (χ1v) is 7.07. The summed E-state index contributed by atoms with van der Waals surface area (Å²) in [4.78, 5) is 27.8. The molecular weight excluding hydrogens is 260 g/mol. The summed E-state index contributed by atoms with van der Waals surface area (Å²) >= 11 is 0. The molecule has 2 bridgehead atoms. The van der Waals surface area contributed by atoms with E-state index in [2.05, 4.69) is 9.98 Å². The molecule has 0 saturated heterocycles. The van der Waals surface area contributed by atoms with Crippen molar-refractivity contribution in [1.82, 2.24) is 0 Å². The lowest BCUT2D eigenvalue weighted by Gasteiger charge is -2.51. The molecule has 3 aliphatic carbocycles. The summed E-state index contributed by atoms with van der Waals surface area (Å²) in [5, 5.41) is 0. The predicted molar refractivity (Wildman–Crippen MR) is 70.4 cm³/mol. The predicted octanol–water partition coefficient (Wildman–Crippen LogP) is 2.08. The first kappa shape index (κ1) is 15.1. The Morgan fingerprint density at radius 1 is 1.10 bits per heavy atom. The molecule has 0 aromatic rings. The SMILES string of the molecule is CC(N=C=O)OC1CC2CCC1(OC(C)N=C=O)CC2. The van der Waals surface area contributed by atoms with Gasteiger partial charge in [0, 0.05) is 0 Å². The van der Waals surface area contributed by atoms with Gasteiger partial charge in [-0.15, -0.1) is 0 Å². The fraction of sp³-hybridized carbons (Fsp3) is 0.857. The molecule has 0 aromatic carbocycles. The molecule has 0 aromatic heterocycles. The quantitative estimate of drug-likeness (QED) is 0.551. The molecule has 3 aliphatic rings. The third kappa shape index (κ3) is 3.22. The highest BCUT2D eigenvalue weighted by Crippen LogP contribution is 2.48. The molecule has 0 radical (unpaired) electrons. The van der Waals surface area contributed by atoms with Gasteiger partial charge in [0.05, 0.1) is 11.7 Å². The Kier molecular flexibility index (Phi) is 4.84.